The van der Waals surface area contributed by atoms with E-state index in [4.69, 9.17) is 34.8 Å². The number of nitrogens with one attached hydrogen (secondary N) is 1. The molecule has 0 saturated carbocycles. The predicted octanol–water partition coefficient (Wildman–Crippen LogP) is 4.36. The summed E-state index contributed by atoms with van der Waals surface area (Å²) in [4.78, 5) is 26.8. The number of rotatable bonds is 10. The zero-order chi connectivity index (χ0) is 24.8. The molecular weight excluding hydrogens is 509 g/mol. The van der Waals surface area contributed by atoms with Crippen LogP contribution in [0.15, 0.2) is 42.5 Å². The van der Waals surface area contributed by atoms with Gasteiger partial charge >= 0.3 is 0 Å². The number of nitrogens with zero attached hydrogens (tertiary/aromatic N) is 2. The normalized spacial score (nSPS) is 12.2. The van der Waals surface area contributed by atoms with Gasteiger partial charge in [-0.25, -0.2) is 8.42 Å². The van der Waals surface area contributed by atoms with Crippen LogP contribution in [0.4, 0.5) is 5.69 Å². The number of amides is 2. The number of hydrogen-bond donors (Lipinski definition) is 1. The summed E-state index contributed by atoms with van der Waals surface area (Å²) < 4.78 is 25.8. The topological polar surface area (TPSA) is 86.8 Å². The third kappa shape index (κ3) is 7.78. The minimum absolute atomic E-state index is 0.0269. The monoisotopic (exact) mass is 533 g/mol. The Kier molecular flexibility index (Phi) is 9.84. The zero-order valence-corrected chi connectivity index (χ0v) is 21.6. The van der Waals surface area contributed by atoms with Crippen LogP contribution in [-0.4, -0.2) is 51.0 Å². The lowest BCUT2D eigenvalue weighted by Crippen LogP contribution is -2.46. The van der Waals surface area contributed by atoms with E-state index < -0.39 is 16.1 Å². The number of anilines is 1. The first-order valence-corrected chi connectivity index (χ1v) is 13.1. The highest BCUT2D eigenvalue weighted by Crippen LogP contribution is 2.25. The summed E-state index contributed by atoms with van der Waals surface area (Å²) in [5, 5.41) is 3.79. The molecule has 1 N–H and O–H groups in total. The Bertz CT molecular complexity index is 1110. The molecule has 7 nitrogen and oxygen atoms in total. The van der Waals surface area contributed by atoms with Gasteiger partial charge in [0.05, 0.1) is 11.9 Å². The molecule has 0 aliphatic rings. The van der Waals surface area contributed by atoms with Crippen molar-refractivity contribution in [3.05, 3.63) is 63.1 Å². The molecule has 0 aliphatic carbocycles. The van der Waals surface area contributed by atoms with Gasteiger partial charge in [0, 0.05) is 41.6 Å². The van der Waals surface area contributed by atoms with Crippen LogP contribution in [0.2, 0.25) is 15.1 Å². The maximum Gasteiger partial charge on any atom is 0.242 e. The van der Waals surface area contributed by atoms with Crippen LogP contribution in [0.1, 0.15) is 25.3 Å². The number of sulfonamides is 1. The molecule has 2 aromatic rings. The van der Waals surface area contributed by atoms with Crippen molar-refractivity contribution in [3.8, 4) is 0 Å². The van der Waals surface area contributed by atoms with Crippen molar-refractivity contribution >= 4 is 62.3 Å². The first-order chi connectivity index (χ1) is 15.4. The standard InChI is InChI=1S/C22H26Cl3N3O4S/c1-15(22(30)26-2)27(14-16-9-10-18(24)13-20(16)25)21(29)8-5-11-28(33(3,31)32)19-7-4-6-17(23)12-19/h4,6-7,9-10,12-13,15H,5,8,11,14H2,1-3H3,(H,26,30)/t15-/m1/s1. The molecule has 0 aliphatic heterocycles. The van der Waals surface area contributed by atoms with Crippen molar-refractivity contribution in [1.82, 2.24) is 10.2 Å². The van der Waals surface area contributed by atoms with Gasteiger partial charge in [0.2, 0.25) is 21.8 Å². The Labute approximate surface area is 209 Å². The fourth-order valence-corrected chi connectivity index (χ4v) is 4.87. The summed E-state index contributed by atoms with van der Waals surface area (Å²) in [6.45, 7) is 1.80. The summed E-state index contributed by atoms with van der Waals surface area (Å²) in [5.74, 6) is -0.637. The average Bonchev–Trinajstić information content (AvgIpc) is 2.74. The highest BCUT2D eigenvalue weighted by Gasteiger charge is 2.26. The molecule has 2 amide bonds. The van der Waals surface area contributed by atoms with Crippen molar-refractivity contribution in [3.63, 3.8) is 0 Å². The molecule has 2 rings (SSSR count). The summed E-state index contributed by atoms with van der Waals surface area (Å²) >= 11 is 18.2. The van der Waals surface area contributed by atoms with E-state index in [1.807, 2.05) is 0 Å². The van der Waals surface area contributed by atoms with Gasteiger partial charge in [0.1, 0.15) is 6.04 Å². The van der Waals surface area contributed by atoms with Gasteiger partial charge in [-0.2, -0.15) is 0 Å². The van der Waals surface area contributed by atoms with E-state index in [2.05, 4.69) is 5.32 Å². The molecule has 11 heteroatoms. The second kappa shape index (κ2) is 11.9. The van der Waals surface area contributed by atoms with Crippen molar-refractivity contribution < 1.29 is 18.0 Å². The molecule has 0 saturated heterocycles. The number of carbonyl (C=O) groups excluding carboxylic acids is 2. The molecule has 0 radical (unpaired) electrons. The van der Waals surface area contributed by atoms with Crippen LogP contribution in [-0.2, 0) is 26.2 Å². The van der Waals surface area contributed by atoms with Crippen LogP contribution in [0, 0.1) is 0 Å². The second-order valence-corrected chi connectivity index (χ2v) is 10.7. The lowest BCUT2D eigenvalue weighted by atomic mass is 10.1. The molecule has 0 aromatic heterocycles. The Hall–Kier alpha value is -2.00. The minimum atomic E-state index is -3.59. The maximum atomic E-state index is 13.1. The molecule has 0 unspecified atom stereocenters. The van der Waals surface area contributed by atoms with E-state index in [1.165, 1.54) is 16.3 Å². The highest BCUT2D eigenvalue weighted by atomic mass is 35.5. The SMILES string of the molecule is CNC(=O)[C@@H](C)N(Cc1ccc(Cl)cc1Cl)C(=O)CCCN(c1cccc(Cl)c1)S(C)(=O)=O. The Morgan fingerprint density at radius 1 is 1.06 bits per heavy atom. The van der Waals surface area contributed by atoms with Crippen molar-refractivity contribution in [2.24, 2.45) is 0 Å². The molecule has 0 spiro atoms. The van der Waals surface area contributed by atoms with Gasteiger partial charge in [0.15, 0.2) is 0 Å². The van der Waals surface area contributed by atoms with Gasteiger partial charge < -0.3 is 10.2 Å². The Morgan fingerprint density at radius 2 is 1.73 bits per heavy atom. The van der Waals surface area contributed by atoms with Crippen LogP contribution >= 0.6 is 34.8 Å². The number of halogens is 3. The zero-order valence-electron chi connectivity index (χ0n) is 18.5. The molecule has 1 atom stereocenters. The Balaban J connectivity index is 2.18. The molecule has 0 heterocycles. The first kappa shape index (κ1) is 27.2. The fourth-order valence-electron chi connectivity index (χ4n) is 3.26. The maximum absolute atomic E-state index is 13.1. The van der Waals surface area contributed by atoms with E-state index in [0.717, 1.165) is 6.26 Å². The molecular formula is C22H26Cl3N3O4S. The Morgan fingerprint density at radius 3 is 2.30 bits per heavy atom. The van der Waals surface area contributed by atoms with Gasteiger partial charge in [0.25, 0.3) is 0 Å². The fraction of sp³-hybridized carbons (Fsp3) is 0.364. The van der Waals surface area contributed by atoms with E-state index >= 15 is 0 Å². The third-order valence-electron chi connectivity index (χ3n) is 5.02. The van der Waals surface area contributed by atoms with Crippen LogP contribution in [0.25, 0.3) is 0 Å². The number of benzene rings is 2. The van der Waals surface area contributed by atoms with Gasteiger partial charge in [-0.3, -0.25) is 13.9 Å². The molecule has 0 fully saturated rings. The van der Waals surface area contributed by atoms with Crippen molar-refractivity contribution in [1.29, 1.82) is 0 Å². The van der Waals surface area contributed by atoms with E-state index in [9.17, 15) is 18.0 Å². The predicted molar refractivity (Wildman–Crippen MR) is 133 cm³/mol. The second-order valence-electron chi connectivity index (χ2n) is 7.47. The summed E-state index contributed by atoms with van der Waals surface area (Å²) in [7, 11) is -2.10. The quantitative estimate of drug-likeness (QED) is 0.491. The highest BCUT2D eigenvalue weighted by molar-refractivity contribution is 7.92. The third-order valence-corrected chi connectivity index (χ3v) is 7.03. The summed E-state index contributed by atoms with van der Waals surface area (Å²) in [5.41, 5.74) is 1.06. The van der Waals surface area contributed by atoms with E-state index in [0.29, 0.717) is 26.3 Å². The lowest BCUT2D eigenvalue weighted by Gasteiger charge is -2.29. The lowest BCUT2D eigenvalue weighted by molar-refractivity contribution is -0.140. The molecule has 0 bridgehead atoms. The molecule has 33 heavy (non-hydrogen) atoms. The molecule has 180 valence electrons. The number of likely N-dealkylation sites (N-methyl/N-ethyl adjacent to an activating group) is 1. The molecule has 2 aromatic carbocycles. The number of carbonyl (C=O) groups is 2. The largest absolute Gasteiger partial charge is 0.357 e. The van der Waals surface area contributed by atoms with Crippen molar-refractivity contribution in [2.75, 3.05) is 24.2 Å². The van der Waals surface area contributed by atoms with Gasteiger partial charge in [-0.05, 0) is 49.2 Å². The summed E-state index contributed by atoms with van der Waals surface area (Å²) in [6.07, 6.45) is 1.36. The van der Waals surface area contributed by atoms with Crippen molar-refractivity contribution in [2.45, 2.75) is 32.4 Å². The smallest absolute Gasteiger partial charge is 0.242 e. The van der Waals surface area contributed by atoms with Crippen LogP contribution in [0.3, 0.4) is 0 Å². The summed E-state index contributed by atoms with van der Waals surface area (Å²) in [6, 6.07) is 10.7. The van der Waals surface area contributed by atoms with E-state index in [1.54, 1.807) is 49.4 Å². The van der Waals surface area contributed by atoms with Crippen LogP contribution in [0.5, 0.6) is 0 Å². The number of hydrogen-bond acceptors (Lipinski definition) is 4. The van der Waals surface area contributed by atoms with Gasteiger partial charge in [-0.15, -0.1) is 0 Å². The van der Waals surface area contributed by atoms with E-state index in [-0.39, 0.29) is 37.7 Å². The van der Waals surface area contributed by atoms with Crippen LogP contribution < -0.4 is 9.62 Å². The average molecular weight is 535 g/mol. The van der Waals surface area contributed by atoms with Gasteiger partial charge in [-0.1, -0.05) is 46.9 Å². The first-order valence-electron chi connectivity index (χ1n) is 10.1. The minimum Gasteiger partial charge on any atom is -0.357 e.